The molecule has 0 aromatic heterocycles. The van der Waals surface area contributed by atoms with Crippen molar-refractivity contribution in [3.05, 3.63) is 41.6 Å². The van der Waals surface area contributed by atoms with Gasteiger partial charge in [0.2, 0.25) is 5.91 Å². The van der Waals surface area contributed by atoms with E-state index in [0.717, 1.165) is 6.42 Å². The summed E-state index contributed by atoms with van der Waals surface area (Å²) in [5.74, 6) is -0.607. The number of amides is 2. The maximum atomic E-state index is 11.8. The average Bonchev–Trinajstić information content (AvgIpc) is 2.44. The Morgan fingerprint density at radius 3 is 2.67 bits per heavy atom. The van der Waals surface area contributed by atoms with Gasteiger partial charge in [0.05, 0.1) is 0 Å². The minimum absolute atomic E-state index is 0.0165. The molecule has 0 saturated heterocycles. The Hall–Kier alpha value is -2.50. The molecule has 0 bridgehead atoms. The number of carbonyl (C=O) groups excluding carboxylic acids is 2. The molecular formula is C15H21N3O3. The van der Waals surface area contributed by atoms with Crippen LogP contribution in [0.2, 0.25) is 0 Å². The van der Waals surface area contributed by atoms with Crippen molar-refractivity contribution in [1.82, 2.24) is 16.2 Å². The van der Waals surface area contributed by atoms with Crippen LogP contribution in [-0.2, 0) is 4.79 Å². The van der Waals surface area contributed by atoms with Crippen LogP contribution in [0.5, 0.6) is 5.75 Å². The van der Waals surface area contributed by atoms with Crippen molar-refractivity contribution in [3.63, 3.8) is 0 Å². The summed E-state index contributed by atoms with van der Waals surface area (Å²) in [5.41, 5.74) is 5.91. The van der Waals surface area contributed by atoms with E-state index in [1.807, 2.05) is 13.8 Å². The third-order valence-corrected chi connectivity index (χ3v) is 2.83. The molecule has 21 heavy (non-hydrogen) atoms. The van der Waals surface area contributed by atoms with Crippen LogP contribution in [0.15, 0.2) is 36.0 Å². The van der Waals surface area contributed by atoms with Crippen LogP contribution in [-0.4, -0.2) is 23.0 Å². The molecule has 0 aliphatic rings. The number of nitrogens with one attached hydrogen (secondary N) is 3. The molecule has 0 saturated carbocycles. The average molecular weight is 291 g/mol. The first-order chi connectivity index (χ1) is 9.92. The molecule has 1 atom stereocenters. The highest BCUT2D eigenvalue weighted by Crippen LogP contribution is 2.10. The van der Waals surface area contributed by atoms with Crippen LogP contribution in [0.25, 0.3) is 0 Å². The zero-order chi connectivity index (χ0) is 15.8. The van der Waals surface area contributed by atoms with Crippen molar-refractivity contribution < 1.29 is 14.7 Å². The van der Waals surface area contributed by atoms with Gasteiger partial charge in [-0.25, -0.2) is 0 Å². The second-order valence-electron chi connectivity index (χ2n) is 4.77. The predicted octanol–water partition coefficient (Wildman–Crippen LogP) is 1.45. The lowest BCUT2D eigenvalue weighted by Crippen LogP contribution is -2.37. The Balaban J connectivity index is 2.50. The fourth-order valence-corrected chi connectivity index (χ4v) is 1.49. The molecule has 114 valence electrons. The number of allylic oxidation sites excluding steroid dienone is 1. The lowest BCUT2D eigenvalue weighted by molar-refractivity contribution is -0.117. The summed E-state index contributed by atoms with van der Waals surface area (Å²) in [6, 6.07) is 6.08. The molecule has 6 nitrogen and oxygen atoms in total. The van der Waals surface area contributed by atoms with Gasteiger partial charge in [-0.05, 0) is 38.5 Å². The van der Waals surface area contributed by atoms with Crippen molar-refractivity contribution in [3.8, 4) is 5.75 Å². The molecule has 0 radical (unpaired) electrons. The number of carbonyl (C=O) groups is 2. The molecule has 0 spiro atoms. The standard InChI is InChI=1S/C15H21N3O3/c1-4-10(2)16-14(20)8-11(3)17-18-15(21)12-6-5-7-13(19)9-12/h5-10,17,19H,4H2,1-3H3,(H,16,20)(H,18,21). The first-order valence-corrected chi connectivity index (χ1v) is 6.76. The molecule has 0 fully saturated rings. The first-order valence-electron chi connectivity index (χ1n) is 6.76. The highest BCUT2D eigenvalue weighted by Gasteiger charge is 2.06. The second-order valence-corrected chi connectivity index (χ2v) is 4.77. The van der Waals surface area contributed by atoms with E-state index in [-0.39, 0.29) is 17.7 Å². The van der Waals surface area contributed by atoms with Gasteiger partial charge in [-0.15, -0.1) is 0 Å². The molecule has 4 N–H and O–H groups in total. The van der Waals surface area contributed by atoms with Crippen molar-refractivity contribution in [2.45, 2.75) is 33.2 Å². The monoisotopic (exact) mass is 291 g/mol. The fraction of sp³-hybridized carbons (Fsp3) is 0.333. The van der Waals surface area contributed by atoms with Crippen LogP contribution in [0.3, 0.4) is 0 Å². The van der Waals surface area contributed by atoms with E-state index in [1.54, 1.807) is 19.1 Å². The lowest BCUT2D eigenvalue weighted by Gasteiger charge is -2.11. The highest BCUT2D eigenvalue weighted by atomic mass is 16.3. The van der Waals surface area contributed by atoms with E-state index < -0.39 is 5.91 Å². The molecule has 1 unspecified atom stereocenters. The molecule has 6 heteroatoms. The summed E-state index contributed by atoms with van der Waals surface area (Å²) in [5, 5.41) is 12.1. The van der Waals surface area contributed by atoms with Crippen LogP contribution < -0.4 is 16.2 Å². The first kappa shape index (κ1) is 16.6. The van der Waals surface area contributed by atoms with Gasteiger partial charge in [-0.2, -0.15) is 0 Å². The number of aromatic hydroxyl groups is 1. The molecule has 0 aliphatic heterocycles. The molecular weight excluding hydrogens is 270 g/mol. The number of hydrogen-bond donors (Lipinski definition) is 4. The summed E-state index contributed by atoms with van der Waals surface area (Å²) in [7, 11) is 0. The topological polar surface area (TPSA) is 90.5 Å². The Kier molecular flexibility index (Phi) is 6.26. The Bertz CT molecular complexity index is 541. The maximum absolute atomic E-state index is 11.8. The van der Waals surface area contributed by atoms with Gasteiger partial charge in [-0.1, -0.05) is 13.0 Å². The third-order valence-electron chi connectivity index (χ3n) is 2.83. The van der Waals surface area contributed by atoms with Gasteiger partial charge in [0, 0.05) is 23.4 Å². The number of rotatable bonds is 6. The lowest BCUT2D eigenvalue weighted by atomic mass is 10.2. The minimum atomic E-state index is -0.402. The summed E-state index contributed by atoms with van der Waals surface area (Å²) in [6.07, 6.45) is 2.22. The van der Waals surface area contributed by atoms with Gasteiger partial charge in [0.1, 0.15) is 5.75 Å². The number of phenolic OH excluding ortho intramolecular Hbond substituents is 1. The van der Waals surface area contributed by atoms with E-state index in [4.69, 9.17) is 0 Å². The smallest absolute Gasteiger partial charge is 0.269 e. The zero-order valence-electron chi connectivity index (χ0n) is 12.4. The number of hydrogen-bond acceptors (Lipinski definition) is 4. The number of benzene rings is 1. The summed E-state index contributed by atoms with van der Waals surface area (Å²) < 4.78 is 0. The van der Waals surface area contributed by atoms with E-state index in [0.29, 0.717) is 11.3 Å². The van der Waals surface area contributed by atoms with E-state index in [1.165, 1.54) is 18.2 Å². The second kappa shape index (κ2) is 7.94. The van der Waals surface area contributed by atoms with Crippen molar-refractivity contribution >= 4 is 11.8 Å². The normalized spacial score (nSPS) is 12.4. The van der Waals surface area contributed by atoms with Gasteiger partial charge in [0.25, 0.3) is 5.91 Å². The van der Waals surface area contributed by atoms with Crippen LogP contribution in [0.1, 0.15) is 37.6 Å². The summed E-state index contributed by atoms with van der Waals surface area (Å²) >= 11 is 0. The van der Waals surface area contributed by atoms with Gasteiger partial charge in [0.15, 0.2) is 0 Å². The SMILES string of the molecule is CCC(C)NC(=O)C=C(C)NNC(=O)c1cccc(O)c1. The minimum Gasteiger partial charge on any atom is -0.508 e. The summed E-state index contributed by atoms with van der Waals surface area (Å²) in [4.78, 5) is 23.4. The van der Waals surface area contributed by atoms with Crippen molar-refractivity contribution in [1.29, 1.82) is 0 Å². The zero-order valence-corrected chi connectivity index (χ0v) is 12.4. The predicted molar refractivity (Wildman–Crippen MR) is 80.4 cm³/mol. The number of phenols is 1. The fourth-order valence-electron chi connectivity index (χ4n) is 1.49. The molecule has 1 aromatic carbocycles. The van der Waals surface area contributed by atoms with Crippen LogP contribution in [0, 0.1) is 0 Å². The third kappa shape index (κ3) is 5.99. The largest absolute Gasteiger partial charge is 0.508 e. The van der Waals surface area contributed by atoms with Crippen LogP contribution in [0.4, 0.5) is 0 Å². The van der Waals surface area contributed by atoms with Crippen LogP contribution >= 0.6 is 0 Å². The molecule has 1 rings (SSSR count). The quantitative estimate of drug-likeness (QED) is 0.471. The van der Waals surface area contributed by atoms with Gasteiger partial charge in [-0.3, -0.25) is 15.0 Å². The van der Waals surface area contributed by atoms with Gasteiger partial charge < -0.3 is 15.8 Å². The maximum Gasteiger partial charge on any atom is 0.269 e. The molecule has 1 aromatic rings. The van der Waals surface area contributed by atoms with E-state index in [9.17, 15) is 14.7 Å². The number of hydrazine groups is 1. The molecule has 0 aliphatic carbocycles. The van der Waals surface area contributed by atoms with E-state index >= 15 is 0 Å². The summed E-state index contributed by atoms with van der Waals surface area (Å²) in [6.45, 7) is 5.56. The highest BCUT2D eigenvalue weighted by molar-refractivity contribution is 5.94. The Morgan fingerprint density at radius 1 is 1.33 bits per heavy atom. The van der Waals surface area contributed by atoms with Gasteiger partial charge >= 0.3 is 0 Å². The van der Waals surface area contributed by atoms with Crippen molar-refractivity contribution in [2.75, 3.05) is 0 Å². The van der Waals surface area contributed by atoms with E-state index in [2.05, 4.69) is 16.2 Å². The molecule has 0 heterocycles. The molecule has 2 amide bonds. The Labute approximate surface area is 124 Å². The van der Waals surface area contributed by atoms with Crippen molar-refractivity contribution in [2.24, 2.45) is 0 Å². The Morgan fingerprint density at radius 2 is 2.05 bits per heavy atom.